The molecule has 2 heteroatoms. The van der Waals surface area contributed by atoms with Crippen LogP contribution in [0.1, 0.15) is 108 Å². The SMILES string of the molecule is CC1(CCCCCCc2cc(O)cc(O)c2CCCCCC2(C)CC2)CC1. The molecule has 2 N–H and O–H groups in total. The molecule has 152 valence electrons. The molecule has 0 bridgehead atoms. The third kappa shape index (κ3) is 6.73. The normalized spacial score (nSPS) is 19.2. The molecule has 2 aliphatic carbocycles. The van der Waals surface area contributed by atoms with Crippen molar-refractivity contribution in [2.45, 2.75) is 110 Å². The van der Waals surface area contributed by atoms with E-state index in [-0.39, 0.29) is 5.75 Å². The van der Waals surface area contributed by atoms with Crippen molar-refractivity contribution in [3.63, 3.8) is 0 Å². The first kappa shape index (κ1) is 20.6. The lowest BCUT2D eigenvalue weighted by molar-refractivity contribution is 0.440. The molecular formula is C25H40O2. The highest BCUT2D eigenvalue weighted by molar-refractivity contribution is 5.45. The van der Waals surface area contributed by atoms with Crippen molar-refractivity contribution in [2.75, 3.05) is 0 Å². The summed E-state index contributed by atoms with van der Waals surface area (Å²) in [5, 5.41) is 20.2. The van der Waals surface area contributed by atoms with Crippen LogP contribution in [0.4, 0.5) is 0 Å². The van der Waals surface area contributed by atoms with Crippen molar-refractivity contribution in [1.29, 1.82) is 0 Å². The lowest BCUT2D eigenvalue weighted by Gasteiger charge is -2.13. The Hall–Kier alpha value is -1.18. The summed E-state index contributed by atoms with van der Waals surface area (Å²) >= 11 is 0. The molecule has 27 heavy (non-hydrogen) atoms. The standard InChI is InChI=1S/C25H40O2/c1-24(14-15-24)12-8-4-3-6-10-20-18-21(26)19-23(27)22(20)11-7-5-9-13-25(2)16-17-25/h18-19,26-27H,3-17H2,1-2H3. The predicted molar refractivity (Wildman–Crippen MR) is 113 cm³/mol. The van der Waals surface area contributed by atoms with Crippen molar-refractivity contribution in [3.05, 3.63) is 23.3 Å². The fourth-order valence-electron chi connectivity index (χ4n) is 4.39. The molecule has 2 nitrogen and oxygen atoms in total. The molecule has 0 amide bonds. The van der Waals surface area contributed by atoms with E-state index in [1.807, 2.05) is 6.07 Å². The summed E-state index contributed by atoms with van der Waals surface area (Å²) in [7, 11) is 0. The highest BCUT2D eigenvalue weighted by Crippen LogP contribution is 2.49. The minimum atomic E-state index is 0.203. The Balaban J connectivity index is 1.39. The van der Waals surface area contributed by atoms with Crippen LogP contribution in [0.5, 0.6) is 11.5 Å². The predicted octanol–water partition coefficient (Wildman–Crippen LogP) is 7.29. The van der Waals surface area contributed by atoms with Crippen molar-refractivity contribution in [2.24, 2.45) is 10.8 Å². The second-order valence-corrected chi connectivity index (χ2v) is 10.2. The maximum absolute atomic E-state index is 10.3. The molecule has 2 aliphatic rings. The summed E-state index contributed by atoms with van der Waals surface area (Å²) in [6.07, 6.45) is 19.1. The number of hydrogen-bond acceptors (Lipinski definition) is 2. The van der Waals surface area contributed by atoms with E-state index >= 15 is 0 Å². The molecule has 0 aromatic heterocycles. The Morgan fingerprint density at radius 2 is 1.22 bits per heavy atom. The van der Waals surface area contributed by atoms with Crippen LogP contribution in [0.3, 0.4) is 0 Å². The van der Waals surface area contributed by atoms with Crippen molar-refractivity contribution in [1.82, 2.24) is 0 Å². The Morgan fingerprint density at radius 1 is 0.704 bits per heavy atom. The van der Waals surface area contributed by atoms with Gasteiger partial charge in [-0.15, -0.1) is 0 Å². The van der Waals surface area contributed by atoms with Gasteiger partial charge in [0.2, 0.25) is 0 Å². The molecule has 0 heterocycles. The van der Waals surface area contributed by atoms with Crippen LogP contribution >= 0.6 is 0 Å². The van der Waals surface area contributed by atoms with Gasteiger partial charge in [-0.3, -0.25) is 0 Å². The van der Waals surface area contributed by atoms with Gasteiger partial charge in [0.05, 0.1) is 0 Å². The van der Waals surface area contributed by atoms with E-state index in [4.69, 9.17) is 0 Å². The quantitative estimate of drug-likeness (QED) is 0.357. The maximum Gasteiger partial charge on any atom is 0.122 e. The van der Waals surface area contributed by atoms with Gasteiger partial charge in [0.15, 0.2) is 0 Å². The highest BCUT2D eigenvalue weighted by atomic mass is 16.3. The molecule has 0 atom stereocenters. The van der Waals surface area contributed by atoms with E-state index in [0.29, 0.717) is 16.6 Å². The molecule has 0 aliphatic heterocycles. The fourth-order valence-corrected chi connectivity index (χ4v) is 4.39. The average molecular weight is 373 g/mol. The summed E-state index contributed by atoms with van der Waals surface area (Å²) in [4.78, 5) is 0. The number of hydrogen-bond donors (Lipinski definition) is 2. The fraction of sp³-hybridized carbons (Fsp3) is 0.760. The number of aryl methyl sites for hydroxylation is 1. The maximum atomic E-state index is 10.3. The molecule has 2 fully saturated rings. The molecule has 3 rings (SSSR count). The van der Waals surface area contributed by atoms with E-state index in [2.05, 4.69) is 13.8 Å². The highest BCUT2D eigenvalue weighted by Gasteiger charge is 2.36. The lowest BCUT2D eigenvalue weighted by atomic mass is 9.94. The number of rotatable bonds is 13. The smallest absolute Gasteiger partial charge is 0.122 e. The van der Waals surface area contributed by atoms with Gasteiger partial charge in [-0.25, -0.2) is 0 Å². The van der Waals surface area contributed by atoms with Gasteiger partial charge in [-0.1, -0.05) is 46.0 Å². The monoisotopic (exact) mass is 372 g/mol. The summed E-state index contributed by atoms with van der Waals surface area (Å²) in [6, 6.07) is 3.39. The third-order valence-electron chi connectivity index (χ3n) is 7.19. The molecule has 0 saturated heterocycles. The third-order valence-corrected chi connectivity index (χ3v) is 7.19. The molecule has 1 aromatic rings. The number of aromatic hydroxyl groups is 2. The molecule has 0 unspecified atom stereocenters. The van der Waals surface area contributed by atoms with E-state index in [1.165, 1.54) is 76.7 Å². The summed E-state index contributed by atoms with van der Waals surface area (Å²) in [6.45, 7) is 4.82. The first-order chi connectivity index (χ1) is 12.9. The number of phenols is 2. The van der Waals surface area contributed by atoms with Gasteiger partial charge in [0.25, 0.3) is 0 Å². The van der Waals surface area contributed by atoms with Crippen molar-refractivity contribution < 1.29 is 10.2 Å². The first-order valence-electron chi connectivity index (χ1n) is 11.4. The van der Waals surface area contributed by atoms with Gasteiger partial charge in [0.1, 0.15) is 11.5 Å². The van der Waals surface area contributed by atoms with Gasteiger partial charge < -0.3 is 10.2 Å². The summed E-state index contributed by atoms with van der Waals surface area (Å²) in [5.41, 5.74) is 3.58. The lowest BCUT2D eigenvalue weighted by Crippen LogP contribution is -1.98. The van der Waals surface area contributed by atoms with Crippen LogP contribution in [0, 0.1) is 10.8 Å². The van der Waals surface area contributed by atoms with Crippen LogP contribution in [-0.4, -0.2) is 10.2 Å². The van der Waals surface area contributed by atoms with Gasteiger partial charge in [-0.2, -0.15) is 0 Å². The van der Waals surface area contributed by atoms with E-state index in [0.717, 1.165) is 36.8 Å². The Labute approximate surface area is 166 Å². The number of unbranched alkanes of at least 4 members (excludes halogenated alkanes) is 5. The molecule has 0 radical (unpaired) electrons. The van der Waals surface area contributed by atoms with Gasteiger partial charge in [0, 0.05) is 6.07 Å². The minimum absolute atomic E-state index is 0.203. The summed E-state index contributed by atoms with van der Waals surface area (Å²) in [5.74, 6) is 0.496. The van der Waals surface area contributed by atoms with Crippen molar-refractivity contribution >= 4 is 0 Å². The van der Waals surface area contributed by atoms with Crippen LogP contribution in [-0.2, 0) is 12.8 Å². The topological polar surface area (TPSA) is 40.5 Å². The zero-order valence-corrected chi connectivity index (χ0v) is 17.7. The zero-order valence-electron chi connectivity index (χ0n) is 17.7. The van der Waals surface area contributed by atoms with Gasteiger partial charge >= 0.3 is 0 Å². The minimum Gasteiger partial charge on any atom is -0.508 e. The molecule has 1 aromatic carbocycles. The summed E-state index contributed by atoms with van der Waals surface area (Å²) < 4.78 is 0. The second kappa shape index (κ2) is 8.88. The van der Waals surface area contributed by atoms with E-state index < -0.39 is 0 Å². The average Bonchev–Trinajstić information content (AvgIpc) is 3.52. The van der Waals surface area contributed by atoms with Crippen LogP contribution in [0.25, 0.3) is 0 Å². The van der Waals surface area contributed by atoms with E-state index in [9.17, 15) is 10.2 Å². The van der Waals surface area contributed by atoms with E-state index in [1.54, 1.807) is 0 Å². The van der Waals surface area contributed by atoms with Crippen LogP contribution in [0.15, 0.2) is 12.1 Å². The molecular weight excluding hydrogens is 332 g/mol. The second-order valence-electron chi connectivity index (χ2n) is 10.2. The Kier molecular flexibility index (Phi) is 6.76. The number of benzene rings is 1. The van der Waals surface area contributed by atoms with Crippen molar-refractivity contribution in [3.8, 4) is 11.5 Å². The Morgan fingerprint density at radius 3 is 1.81 bits per heavy atom. The first-order valence-corrected chi connectivity index (χ1v) is 11.4. The number of phenolic OH excluding ortho intramolecular Hbond substituents is 2. The zero-order chi connectivity index (χ0) is 19.3. The van der Waals surface area contributed by atoms with Gasteiger partial charge in [-0.05, 0) is 92.2 Å². The van der Waals surface area contributed by atoms with Crippen LogP contribution < -0.4 is 0 Å². The largest absolute Gasteiger partial charge is 0.508 e. The van der Waals surface area contributed by atoms with Crippen LogP contribution in [0.2, 0.25) is 0 Å². The molecule has 0 spiro atoms. The molecule has 2 saturated carbocycles. The Bertz CT molecular complexity index is 611.